The molecule has 2 atom stereocenters. The van der Waals surface area contributed by atoms with E-state index in [1.54, 1.807) is 0 Å². The lowest BCUT2D eigenvalue weighted by molar-refractivity contribution is -0.0250. The summed E-state index contributed by atoms with van der Waals surface area (Å²) in [6, 6.07) is 8.80. The van der Waals surface area contributed by atoms with E-state index in [-0.39, 0.29) is 30.1 Å². The highest BCUT2D eigenvalue weighted by Crippen LogP contribution is 2.34. The van der Waals surface area contributed by atoms with Gasteiger partial charge >= 0.3 is 0 Å². The van der Waals surface area contributed by atoms with Gasteiger partial charge < -0.3 is 20.3 Å². The van der Waals surface area contributed by atoms with Crippen LogP contribution in [-0.4, -0.2) is 57.2 Å². The molecule has 5 nitrogen and oxygen atoms in total. The molecule has 2 N–H and O–H groups in total. The van der Waals surface area contributed by atoms with Crippen molar-refractivity contribution >= 4 is 29.9 Å². The summed E-state index contributed by atoms with van der Waals surface area (Å²) in [6.07, 6.45) is 6.35. The number of hydrogen-bond acceptors (Lipinski definition) is 3. The molecule has 0 spiro atoms. The second kappa shape index (κ2) is 13.5. The van der Waals surface area contributed by atoms with Gasteiger partial charge in [0, 0.05) is 32.2 Å². The van der Waals surface area contributed by atoms with E-state index in [0.717, 1.165) is 44.5 Å². The van der Waals surface area contributed by atoms with E-state index in [9.17, 15) is 0 Å². The zero-order valence-electron chi connectivity index (χ0n) is 19.0. The number of likely N-dealkylation sites (tertiary alicyclic amines) is 1. The van der Waals surface area contributed by atoms with Crippen molar-refractivity contribution in [2.45, 2.75) is 52.1 Å². The standard InChI is InChI=1S/C24H40N4O.HI/c1-4-25-24(26-14-11-20-12-15-28(3)16-13-20)27-18-22-6-5-17-29-23(22)21-9-7-19(2)8-10-21;/h7-10,20,22-23H,4-6,11-18H2,1-3H3,(H2,25,26,27);1H. The first kappa shape index (κ1) is 25.4. The molecule has 2 aliphatic rings. The minimum Gasteiger partial charge on any atom is -0.373 e. The van der Waals surface area contributed by atoms with Gasteiger partial charge in [-0.2, -0.15) is 0 Å². The van der Waals surface area contributed by atoms with Crippen LogP contribution in [0.3, 0.4) is 0 Å². The maximum atomic E-state index is 6.16. The van der Waals surface area contributed by atoms with Crippen LogP contribution in [0.25, 0.3) is 0 Å². The van der Waals surface area contributed by atoms with Crippen LogP contribution in [0.5, 0.6) is 0 Å². The Kier molecular flexibility index (Phi) is 11.5. The molecular formula is C24H41IN4O. The molecule has 0 aliphatic carbocycles. The molecule has 0 saturated carbocycles. The number of aryl methyl sites for hydroxylation is 1. The average Bonchev–Trinajstić information content (AvgIpc) is 2.74. The van der Waals surface area contributed by atoms with Crippen molar-refractivity contribution < 1.29 is 4.74 Å². The van der Waals surface area contributed by atoms with Crippen molar-refractivity contribution in [1.82, 2.24) is 15.5 Å². The van der Waals surface area contributed by atoms with Crippen molar-refractivity contribution in [3.8, 4) is 0 Å². The largest absolute Gasteiger partial charge is 0.373 e. The van der Waals surface area contributed by atoms with Crippen molar-refractivity contribution in [2.24, 2.45) is 16.8 Å². The highest BCUT2D eigenvalue weighted by Gasteiger charge is 2.27. The third-order valence-corrected chi connectivity index (χ3v) is 6.36. The van der Waals surface area contributed by atoms with Gasteiger partial charge in [-0.25, -0.2) is 0 Å². The highest BCUT2D eigenvalue weighted by molar-refractivity contribution is 14.0. The Bertz CT molecular complexity index is 629. The van der Waals surface area contributed by atoms with E-state index in [1.807, 2.05) is 0 Å². The molecule has 2 saturated heterocycles. The van der Waals surface area contributed by atoms with E-state index in [0.29, 0.717) is 5.92 Å². The fourth-order valence-electron chi connectivity index (χ4n) is 4.45. The van der Waals surface area contributed by atoms with Crippen LogP contribution in [0.4, 0.5) is 0 Å². The number of ether oxygens (including phenoxy) is 1. The molecule has 0 amide bonds. The molecule has 3 rings (SSSR count). The van der Waals surface area contributed by atoms with Gasteiger partial charge in [0.1, 0.15) is 0 Å². The van der Waals surface area contributed by atoms with Crippen molar-refractivity contribution in [3.63, 3.8) is 0 Å². The zero-order valence-corrected chi connectivity index (χ0v) is 21.4. The Balaban J connectivity index is 0.00000320. The molecule has 0 radical (unpaired) electrons. The summed E-state index contributed by atoms with van der Waals surface area (Å²) < 4.78 is 6.16. The number of nitrogens with one attached hydrogen (secondary N) is 2. The highest BCUT2D eigenvalue weighted by atomic mass is 127. The van der Waals surface area contributed by atoms with E-state index in [2.05, 4.69) is 60.7 Å². The lowest BCUT2D eigenvalue weighted by Gasteiger charge is -2.31. The molecular weight excluding hydrogens is 487 g/mol. The van der Waals surface area contributed by atoms with E-state index >= 15 is 0 Å². The molecule has 1 aromatic carbocycles. The van der Waals surface area contributed by atoms with E-state index in [1.165, 1.54) is 49.9 Å². The lowest BCUT2D eigenvalue weighted by Crippen LogP contribution is -2.39. The van der Waals surface area contributed by atoms with Crippen LogP contribution in [0.1, 0.15) is 56.3 Å². The summed E-state index contributed by atoms with van der Waals surface area (Å²) in [6.45, 7) is 10.3. The smallest absolute Gasteiger partial charge is 0.191 e. The van der Waals surface area contributed by atoms with Gasteiger partial charge in [-0.1, -0.05) is 29.8 Å². The molecule has 2 aliphatic heterocycles. The summed E-state index contributed by atoms with van der Waals surface area (Å²) in [7, 11) is 2.23. The summed E-state index contributed by atoms with van der Waals surface area (Å²) >= 11 is 0. The number of piperidine rings is 1. The minimum absolute atomic E-state index is 0. The Morgan fingerprint density at radius 3 is 2.57 bits per heavy atom. The quantitative estimate of drug-likeness (QED) is 0.314. The molecule has 2 heterocycles. The van der Waals surface area contributed by atoms with Crippen molar-refractivity contribution in [2.75, 3.05) is 46.4 Å². The summed E-state index contributed by atoms with van der Waals surface area (Å²) in [5.74, 6) is 2.24. The average molecular weight is 529 g/mol. The topological polar surface area (TPSA) is 48.9 Å². The fourth-order valence-corrected chi connectivity index (χ4v) is 4.45. The van der Waals surface area contributed by atoms with Gasteiger partial charge in [0.25, 0.3) is 0 Å². The summed E-state index contributed by atoms with van der Waals surface area (Å²) in [5, 5.41) is 6.98. The Morgan fingerprint density at radius 1 is 1.13 bits per heavy atom. The first-order valence-electron chi connectivity index (χ1n) is 11.5. The van der Waals surface area contributed by atoms with Crippen molar-refractivity contribution in [3.05, 3.63) is 35.4 Å². The molecule has 30 heavy (non-hydrogen) atoms. The van der Waals surface area contributed by atoms with Gasteiger partial charge in [0.2, 0.25) is 0 Å². The number of halogens is 1. The predicted molar refractivity (Wildman–Crippen MR) is 137 cm³/mol. The lowest BCUT2D eigenvalue weighted by atomic mass is 9.89. The summed E-state index contributed by atoms with van der Waals surface area (Å²) in [4.78, 5) is 7.37. The predicted octanol–water partition coefficient (Wildman–Crippen LogP) is 4.37. The number of nitrogens with zero attached hydrogens (tertiary/aromatic N) is 2. The summed E-state index contributed by atoms with van der Waals surface area (Å²) in [5.41, 5.74) is 2.58. The van der Waals surface area contributed by atoms with Crippen LogP contribution in [0.2, 0.25) is 0 Å². The third-order valence-electron chi connectivity index (χ3n) is 6.36. The minimum atomic E-state index is 0. The maximum Gasteiger partial charge on any atom is 0.191 e. The first-order valence-corrected chi connectivity index (χ1v) is 11.5. The van der Waals surface area contributed by atoms with Crippen LogP contribution in [0, 0.1) is 18.8 Å². The van der Waals surface area contributed by atoms with Crippen LogP contribution >= 0.6 is 24.0 Å². The number of hydrogen-bond donors (Lipinski definition) is 2. The molecule has 2 unspecified atom stereocenters. The second-order valence-electron chi connectivity index (χ2n) is 8.79. The monoisotopic (exact) mass is 528 g/mol. The molecule has 2 fully saturated rings. The molecule has 1 aromatic rings. The van der Waals surface area contributed by atoms with Gasteiger partial charge in [0.05, 0.1) is 6.10 Å². The van der Waals surface area contributed by atoms with E-state index < -0.39 is 0 Å². The zero-order chi connectivity index (χ0) is 20.5. The first-order chi connectivity index (χ1) is 14.2. The number of aliphatic imine (C=N–C) groups is 1. The van der Waals surface area contributed by atoms with Crippen LogP contribution < -0.4 is 10.6 Å². The number of benzene rings is 1. The normalized spacial score (nSPS) is 23.6. The maximum absolute atomic E-state index is 6.16. The van der Waals surface area contributed by atoms with Crippen molar-refractivity contribution in [1.29, 1.82) is 0 Å². The molecule has 170 valence electrons. The third kappa shape index (κ3) is 8.00. The Morgan fingerprint density at radius 2 is 1.87 bits per heavy atom. The molecule has 0 bridgehead atoms. The Hall–Kier alpha value is -0.860. The number of rotatable bonds is 7. The van der Waals surface area contributed by atoms with Gasteiger partial charge in [-0.05, 0) is 77.6 Å². The van der Waals surface area contributed by atoms with Gasteiger partial charge in [-0.15, -0.1) is 24.0 Å². The molecule has 6 heteroatoms. The Labute approximate surface area is 200 Å². The second-order valence-corrected chi connectivity index (χ2v) is 8.79. The SMILES string of the molecule is CCNC(=NCC1CCCOC1c1ccc(C)cc1)NCCC1CCN(C)CC1.I. The fraction of sp³-hybridized carbons (Fsp3) is 0.708. The number of guanidine groups is 1. The molecule has 0 aromatic heterocycles. The van der Waals surface area contributed by atoms with Crippen LogP contribution in [0.15, 0.2) is 29.3 Å². The van der Waals surface area contributed by atoms with E-state index in [4.69, 9.17) is 9.73 Å². The van der Waals surface area contributed by atoms with Gasteiger partial charge in [-0.3, -0.25) is 4.99 Å². The van der Waals surface area contributed by atoms with Gasteiger partial charge in [0.15, 0.2) is 5.96 Å². The van der Waals surface area contributed by atoms with Crippen LogP contribution in [-0.2, 0) is 4.74 Å².